The molecule has 8 N–H and O–H groups in total. The molecule has 0 fully saturated rings. The highest BCUT2D eigenvalue weighted by Crippen LogP contribution is 2.05. The second-order valence-electron chi connectivity index (χ2n) is 7.52. The van der Waals surface area contributed by atoms with E-state index in [2.05, 4.69) is 26.6 Å². The molecule has 0 bridgehead atoms. The fourth-order valence-electron chi connectivity index (χ4n) is 2.39. The molecule has 188 valence electrons. The lowest BCUT2D eigenvalue weighted by molar-refractivity contribution is -0.138. The van der Waals surface area contributed by atoms with Crippen LogP contribution in [0.4, 0.5) is 0 Å². The van der Waals surface area contributed by atoms with Crippen LogP contribution in [0.3, 0.4) is 0 Å². The quantitative estimate of drug-likeness (QED) is 0.119. The highest BCUT2D eigenvalue weighted by molar-refractivity contribution is 7.98. The van der Waals surface area contributed by atoms with Crippen LogP contribution < -0.4 is 32.3 Å². The van der Waals surface area contributed by atoms with Crippen molar-refractivity contribution >= 4 is 47.3 Å². The minimum Gasteiger partial charge on any atom is -0.480 e. The third-order valence-electron chi connectivity index (χ3n) is 4.06. The molecule has 0 aromatic rings. The second-order valence-corrected chi connectivity index (χ2v) is 8.51. The van der Waals surface area contributed by atoms with Gasteiger partial charge in [-0.2, -0.15) is 11.8 Å². The fourth-order valence-corrected chi connectivity index (χ4v) is 2.88. The fraction of sp³-hybridized carbons (Fsp3) is 0.684. The van der Waals surface area contributed by atoms with Gasteiger partial charge in [0, 0.05) is 0 Å². The van der Waals surface area contributed by atoms with Gasteiger partial charge in [0.2, 0.25) is 29.5 Å². The lowest BCUT2D eigenvalue weighted by atomic mass is 10.0. The lowest BCUT2D eigenvalue weighted by Crippen LogP contribution is -2.52. The number of amides is 5. The van der Waals surface area contributed by atoms with Crippen molar-refractivity contribution in [2.45, 2.75) is 38.8 Å². The van der Waals surface area contributed by atoms with E-state index in [-0.39, 0.29) is 18.9 Å². The van der Waals surface area contributed by atoms with E-state index in [4.69, 9.17) is 10.8 Å². The van der Waals surface area contributed by atoms with Gasteiger partial charge >= 0.3 is 5.97 Å². The van der Waals surface area contributed by atoms with Crippen molar-refractivity contribution in [2.24, 2.45) is 11.7 Å². The van der Waals surface area contributed by atoms with Crippen molar-refractivity contribution in [3.63, 3.8) is 0 Å². The highest BCUT2D eigenvalue weighted by atomic mass is 32.2. The van der Waals surface area contributed by atoms with E-state index in [0.29, 0.717) is 12.2 Å². The zero-order chi connectivity index (χ0) is 25.4. The molecule has 33 heavy (non-hydrogen) atoms. The maximum Gasteiger partial charge on any atom is 0.322 e. The Bertz CT molecular complexity index is 704. The Kier molecular flexibility index (Phi) is 15.3. The first-order valence-corrected chi connectivity index (χ1v) is 11.7. The van der Waals surface area contributed by atoms with Crippen LogP contribution in [0.5, 0.6) is 0 Å². The largest absolute Gasteiger partial charge is 0.480 e. The third-order valence-corrected chi connectivity index (χ3v) is 4.70. The van der Waals surface area contributed by atoms with Crippen molar-refractivity contribution in [1.29, 1.82) is 0 Å². The molecule has 0 aliphatic heterocycles. The normalized spacial score (nSPS) is 12.3. The van der Waals surface area contributed by atoms with Crippen molar-refractivity contribution in [1.82, 2.24) is 26.6 Å². The van der Waals surface area contributed by atoms with E-state index in [1.54, 1.807) is 11.8 Å². The number of carboxylic acid groups (broad SMARTS) is 1. The molecule has 0 aromatic heterocycles. The minimum absolute atomic E-state index is 0.0296. The van der Waals surface area contributed by atoms with Gasteiger partial charge in [-0.1, -0.05) is 13.8 Å². The van der Waals surface area contributed by atoms with E-state index >= 15 is 0 Å². The molecule has 14 heteroatoms. The SMILES string of the molecule is CSCC[C@H](N)C(=O)NCC(=O)NCC(=O)N[C@@H](CC(C)C)C(=O)NCC(=O)NCC(=O)O. The van der Waals surface area contributed by atoms with Crippen LogP contribution in [0.15, 0.2) is 0 Å². The van der Waals surface area contributed by atoms with Crippen molar-refractivity contribution in [3.05, 3.63) is 0 Å². The summed E-state index contributed by atoms with van der Waals surface area (Å²) in [6.45, 7) is 1.87. The average molecular weight is 491 g/mol. The standard InChI is InChI=1S/C19H34N6O7S/c1-11(2)6-13(19(32)24-8-15(27)22-10-17(29)30)25-16(28)9-21-14(26)7-23-18(31)12(20)4-5-33-3/h11-13H,4-10,20H2,1-3H3,(H,21,26)(H,22,27)(H,23,31)(H,24,32)(H,25,28)(H,29,30)/t12-,13-/m0/s1. The van der Waals surface area contributed by atoms with E-state index in [1.807, 2.05) is 20.1 Å². The molecule has 0 aliphatic carbocycles. The number of carbonyl (C=O) groups is 6. The highest BCUT2D eigenvalue weighted by Gasteiger charge is 2.23. The van der Waals surface area contributed by atoms with Gasteiger partial charge in [0.05, 0.1) is 25.7 Å². The average Bonchev–Trinajstić information content (AvgIpc) is 2.75. The third kappa shape index (κ3) is 15.6. The van der Waals surface area contributed by atoms with Gasteiger partial charge in [-0.3, -0.25) is 28.8 Å². The molecular formula is C19H34N6O7S. The summed E-state index contributed by atoms with van der Waals surface area (Å²) >= 11 is 1.55. The number of hydrogen-bond acceptors (Lipinski definition) is 8. The topological polar surface area (TPSA) is 209 Å². The van der Waals surface area contributed by atoms with E-state index in [9.17, 15) is 28.8 Å². The van der Waals surface area contributed by atoms with E-state index < -0.39 is 67.2 Å². The molecule has 0 saturated heterocycles. The number of nitrogens with one attached hydrogen (secondary N) is 5. The Morgan fingerprint density at radius 2 is 1.33 bits per heavy atom. The molecular weight excluding hydrogens is 456 g/mol. The van der Waals surface area contributed by atoms with Gasteiger partial charge in [-0.25, -0.2) is 0 Å². The Balaban J connectivity index is 4.50. The summed E-state index contributed by atoms with van der Waals surface area (Å²) in [5, 5.41) is 20.2. The number of carboxylic acids is 1. The Hall–Kier alpha value is -2.87. The monoisotopic (exact) mass is 490 g/mol. The van der Waals surface area contributed by atoms with Gasteiger partial charge in [-0.15, -0.1) is 0 Å². The van der Waals surface area contributed by atoms with Crippen molar-refractivity contribution in [3.8, 4) is 0 Å². The van der Waals surface area contributed by atoms with Gasteiger partial charge in [-0.05, 0) is 30.8 Å². The minimum atomic E-state index is -1.22. The molecule has 2 atom stereocenters. The van der Waals surface area contributed by atoms with Gasteiger partial charge in [0.25, 0.3) is 0 Å². The molecule has 0 heterocycles. The van der Waals surface area contributed by atoms with Gasteiger partial charge in [0.15, 0.2) is 0 Å². The summed E-state index contributed by atoms with van der Waals surface area (Å²) in [7, 11) is 0. The molecule has 0 spiro atoms. The number of thioether (sulfide) groups is 1. The van der Waals surface area contributed by atoms with Crippen molar-refractivity contribution < 1.29 is 33.9 Å². The smallest absolute Gasteiger partial charge is 0.322 e. The maximum absolute atomic E-state index is 12.3. The van der Waals surface area contributed by atoms with Gasteiger partial charge < -0.3 is 37.4 Å². The van der Waals surface area contributed by atoms with E-state index in [1.165, 1.54) is 0 Å². The van der Waals surface area contributed by atoms with Crippen LogP contribution in [0.2, 0.25) is 0 Å². The predicted octanol–water partition coefficient (Wildman–Crippen LogP) is -2.85. The first-order chi connectivity index (χ1) is 15.5. The first kappa shape index (κ1) is 30.1. The predicted molar refractivity (Wildman–Crippen MR) is 122 cm³/mol. The molecule has 0 aromatic carbocycles. The zero-order valence-electron chi connectivity index (χ0n) is 19.1. The van der Waals surface area contributed by atoms with Crippen LogP contribution in [0.1, 0.15) is 26.7 Å². The summed E-state index contributed by atoms with van der Waals surface area (Å²) < 4.78 is 0. The Labute approximate surface area is 196 Å². The van der Waals surface area contributed by atoms with Crippen LogP contribution in [0.25, 0.3) is 0 Å². The summed E-state index contributed by atoms with van der Waals surface area (Å²) in [5.41, 5.74) is 5.70. The van der Waals surface area contributed by atoms with Crippen LogP contribution in [0, 0.1) is 5.92 Å². The number of aliphatic carboxylic acids is 1. The molecule has 5 amide bonds. The van der Waals surface area contributed by atoms with Crippen LogP contribution in [-0.2, 0) is 28.8 Å². The first-order valence-electron chi connectivity index (χ1n) is 10.3. The molecule has 0 unspecified atom stereocenters. The molecule has 13 nitrogen and oxygen atoms in total. The molecule has 0 rings (SSSR count). The summed E-state index contributed by atoms with van der Waals surface area (Å²) in [5.74, 6) is -3.51. The Morgan fingerprint density at radius 3 is 1.85 bits per heavy atom. The number of nitrogens with two attached hydrogens (primary N) is 1. The number of rotatable bonds is 16. The summed E-state index contributed by atoms with van der Waals surface area (Å²) in [4.78, 5) is 70.1. The molecule has 0 aliphatic rings. The van der Waals surface area contributed by atoms with Crippen molar-refractivity contribution in [2.75, 3.05) is 38.2 Å². The summed E-state index contributed by atoms with van der Waals surface area (Å²) in [6, 6.07) is -1.69. The maximum atomic E-state index is 12.3. The van der Waals surface area contributed by atoms with E-state index in [0.717, 1.165) is 0 Å². The number of hydrogen-bond donors (Lipinski definition) is 7. The van der Waals surface area contributed by atoms with Crippen LogP contribution in [-0.4, -0.2) is 90.9 Å². The second kappa shape index (κ2) is 16.7. The van der Waals surface area contributed by atoms with Crippen LogP contribution >= 0.6 is 11.8 Å². The van der Waals surface area contributed by atoms with Gasteiger partial charge in [0.1, 0.15) is 12.6 Å². The zero-order valence-corrected chi connectivity index (χ0v) is 19.9. The Morgan fingerprint density at radius 1 is 0.818 bits per heavy atom. The molecule has 0 saturated carbocycles. The molecule has 0 radical (unpaired) electrons. The lowest BCUT2D eigenvalue weighted by Gasteiger charge is -2.20. The summed E-state index contributed by atoms with van der Waals surface area (Å²) in [6.07, 6.45) is 2.63. The number of carbonyl (C=O) groups excluding carboxylic acids is 5.